The van der Waals surface area contributed by atoms with Gasteiger partial charge in [0.15, 0.2) is 0 Å². The molecule has 0 heterocycles. The van der Waals surface area contributed by atoms with Gasteiger partial charge in [0.2, 0.25) is 0 Å². The van der Waals surface area contributed by atoms with Crippen LogP contribution in [0.2, 0.25) is 5.02 Å². The molecule has 2 aliphatic rings. The molecule has 3 heteroatoms. The molecule has 1 N–H and O–H groups in total. The topological polar surface area (TPSA) is 29.5 Å². The van der Waals surface area contributed by atoms with E-state index in [0.29, 0.717) is 10.9 Å². The van der Waals surface area contributed by atoms with Crippen molar-refractivity contribution in [2.45, 2.75) is 25.4 Å². The fourth-order valence-corrected chi connectivity index (χ4v) is 3.43. The van der Waals surface area contributed by atoms with Gasteiger partial charge in [-0.05, 0) is 54.7 Å². The first-order chi connectivity index (χ1) is 8.19. The summed E-state index contributed by atoms with van der Waals surface area (Å²) in [5.74, 6) is 2.89. The Kier molecular flexibility index (Phi) is 2.80. The van der Waals surface area contributed by atoms with Crippen molar-refractivity contribution in [3.05, 3.63) is 28.8 Å². The lowest BCUT2D eigenvalue weighted by atomic mass is 9.91. The van der Waals surface area contributed by atoms with Crippen LogP contribution in [0.25, 0.3) is 0 Å². The SMILES string of the molecule is COc1ccc(C(O)C2CC3CC3C2)c(Cl)c1. The number of benzene rings is 1. The highest BCUT2D eigenvalue weighted by atomic mass is 35.5. The summed E-state index contributed by atoms with van der Waals surface area (Å²) in [6.45, 7) is 0. The van der Waals surface area contributed by atoms with Crippen LogP contribution in [0.4, 0.5) is 0 Å². The first-order valence-electron chi connectivity index (χ1n) is 6.20. The quantitative estimate of drug-likeness (QED) is 0.893. The van der Waals surface area contributed by atoms with Gasteiger partial charge >= 0.3 is 0 Å². The zero-order valence-corrected chi connectivity index (χ0v) is 10.7. The molecular formula is C14H17ClO2. The molecule has 0 amide bonds. The van der Waals surface area contributed by atoms with E-state index in [4.69, 9.17) is 16.3 Å². The molecule has 0 aliphatic heterocycles. The highest BCUT2D eigenvalue weighted by Crippen LogP contribution is 2.57. The minimum atomic E-state index is -0.416. The van der Waals surface area contributed by atoms with Gasteiger partial charge in [-0.25, -0.2) is 0 Å². The summed E-state index contributed by atoms with van der Waals surface area (Å²) in [6.07, 6.45) is 3.28. The lowest BCUT2D eigenvalue weighted by Gasteiger charge is -2.21. The Labute approximate surface area is 107 Å². The molecule has 2 fully saturated rings. The summed E-state index contributed by atoms with van der Waals surface area (Å²) >= 11 is 6.19. The number of aliphatic hydroxyl groups excluding tert-OH is 1. The average Bonchev–Trinajstić information content (AvgIpc) is 2.95. The van der Waals surface area contributed by atoms with Crippen LogP contribution in [0.3, 0.4) is 0 Å². The van der Waals surface area contributed by atoms with Gasteiger partial charge in [0, 0.05) is 0 Å². The first-order valence-corrected chi connectivity index (χ1v) is 6.58. The smallest absolute Gasteiger partial charge is 0.120 e. The molecule has 3 unspecified atom stereocenters. The lowest BCUT2D eigenvalue weighted by Crippen LogP contribution is -2.11. The van der Waals surface area contributed by atoms with Crippen LogP contribution in [0.1, 0.15) is 30.9 Å². The summed E-state index contributed by atoms with van der Waals surface area (Å²) in [4.78, 5) is 0. The van der Waals surface area contributed by atoms with Crippen LogP contribution in [0.15, 0.2) is 18.2 Å². The van der Waals surface area contributed by atoms with Crippen molar-refractivity contribution in [1.82, 2.24) is 0 Å². The van der Waals surface area contributed by atoms with E-state index in [1.807, 2.05) is 12.1 Å². The van der Waals surface area contributed by atoms with E-state index in [2.05, 4.69) is 0 Å². The Morgan fingerprint density at radius 1 is 1.29 bits per heavy atom. The summed E-state index contributed by atoms with van der Waals surface area (Å²) in [6, 6.07) is 5.52. The summed E-state index contributed by atoms with van der Waals surface area (Å²) < 4.78 is 5.11. The number of ether oxygens (including phenoxy) is 1. The van der Waals surface area contributed by atoms with E-state index >= 15 is 0 Å². The zero-order chi connectivity index (χ0) is 12.0. The van der Waals surface area contributed by atoms with Crippen molar-refractivity contribution in [3.8, 4) is 5.75 Å². The molecule has 1 aromatic carbocycles. The monoisotopic (exact) mass is 252 g/mol. The van der Waals surface area contributed by atoms with Crippen LogP contribution < -0.4 is 4.74 Å². The van der Waals surface area contributed by atoms with Crippen LogP contribution in [0, 0.1) is 17.8 Å². The number of hydrogen-bond acceptors (Lipinski definition) is 2. The van der Waals surface area contributed by atoms with E-state index in [-0.39, 0.29) is 0 Å². The molecule has 0 bridgehead atoms. The minimum Gasteiger partial charge on any atom is -0.497 e. The fourth-order valence-electron chi connectivity index (χ4n) is 3.15. The lowest BCUT2D eigenvalue weighted by molar-refractivity contribution is 0.104. The number of methoxy groups -OCH3 is 1. The van der Waals surface area contributed by atoms with Crippen LogP contribution >= 0.6 is 11.6 Å². The van der Waals surface area contributed by atoms with Crippen LogP contribution in [-0.4, -0.2) is 12.2 Å². The molecule has 0 spiro atoms. The maximum atomic E-state index is 10.4. The van der Waals surface area contributed by atoms with Gasteiger partial charge in [-0.1, -0.05) is 17.7 Å². The predicted octanol–water partition coefficient (Wildman–Crippen LogP) is 3.43. The third-order valence-electron chi connectivity index (χ3n) is 4.25. The van der Waals surface area contributed by atoms with Crippen molar-refractivity contribution in [2.24, 2.45) is 17.8 Å². The number of halogens is 1. The second-order valence-electron chi connectivity index (χ2n) is 5.32. The van der Waals surface area contributed by atoms with Crippen LogP contribution in [-0.2, 0) is 0 Å². The number of aliphatic hydroxyl groups is 1. The van der Waals surface area contributed by atoms with Gasteiger partial charge in [-0.2, -0.15) is 0 Å². The third-order valence-corrected chi connectivity index (χ3v) is 4.58. The maximum absolute atomic E-state index is 10.4. The molecule has 3 rings (SSSR count). The number of rotatable bonds is 3. The fraction of sp³-hybridized carbons (Fsp3) is 0.571. The third kappa shape index (κ3) is 2.04. The molecule has 17 heavy (non-hydrogen) atoms. The van der Waals surface area contributed by atoms with Crippen molar-refractivity contribution in [1.29, 1.82) is 0 Å². The predicted molar refractivity (Wildman–Crippen MR) is 67.3 cm³/mol. The average molecular weight is 253 g/mol. The van der Waals surface area contributed by atoms with E-state index in [9.17, 15) is 5.11 Å². The van der Waals surface area contributed by atoms with Gasteiger partial charge in [0.05, 0.1) is 18.2 Å². The Hall–Kier alpha value is -0.730. The summed E-state index contributed by atoms with van der Waals surface area (Å²) in [5, 5.41) is 11.0. The van der Waals surface area contributed by atoms with Gasteiger partial charge in [0.25, 0.3) is 0 Å². The second-order valence-corrected chi connectivity index (χ2v) is 5.73. The van der Waals surface area contributed by atoms with E-state index in [1.54, 1.807) is 13.2 Å². The Bertz CT molecular complexity index is 422. The molecule has 0 aromatic heterocycles. The number of fused-ring (bicyclic) bond motifs is 1. The highest BCUT2D eigenvalue weighted by molar-refractivity contribution is 6.31. The molecule has 2 saturated carbocycles. The molecule has 0 saturated heterocycles. The molecule has 3 atom stereocenters. The molecule has 1 aromatic rings. The molecule has 92 valence electrons. The largest absolute Gasteiger partial charge is 0.497 e. The highest BCUT2D eigenvalue weighted by Gasteiger charge is 2.48. The summed E-state index contributed by atoms with van der Waals surface area (Å²) in [7, 11) is 1.62. The second kappa shape index (κ2) is 4.18. The molecule has 0 radical (unpaired) electrons. The Morgan fingerprint density at radius 3 is 2.59 bits per heavy atom. The van der Waals surface area contributed by atoms with E-state index < -0.39 is 6.10 Å². The maximum Gasteiger partial charge on any atom is 0.120 e. The minimum absolute atomic E-state index is 0.393. The van der Waals surface area contributed by atoms with Crippen molar-refractivity contribution >= 4 is 11.6 Å². The van der Waals surface area contributed by atoms with Gasteiger partial charge in [0.1, 0.15) is 5.75 Å². The standard InChI is InChI=1S/C14H17ClO2/c1-17-11-2-3-12(13(15)7-11)14(16)10-5-8-4-9(8)6-10/h2-3,7-10,14,16H,4-6H2,1H3. The first kappa shape index (κ1) is 11.4. The van der Waals surface area contributed by atoms with E-state index in [1.165, 1.54) is 6.42 Å². The van der Waals surface area contributed by atoms with Gasteiger partial charge in [-0.15, -0.1) is 0 Å². The number of hydrogen-bond donors (Lipinski definition) is 1. The van der Waals surface area contributed by atoms with Crippen molar-refractivity contribution in [2.75, 3.05) is 7.11 Å². The molecular weight excluding hydrogens is 236 g/mol. The Balaban J connectivity index is 1.78. The van der Waals surface area contributed by atoms with Crippen LogP contribution in [0.5, 0.6) is 5.75 Å². The molecule has 2 nitrogen and oxygen atoms in total. The van der Waals surface area contributed by atoms with Crippen molar-refractivity contribution in [3.63, 3.8) is 0 Å². The van der Waals surface area contributed by atoms with Gasteiger partial charge in [-0.3, -0.25) is 0 Å². The normalized spacial score (nSPS) is 32.1. The zero-order valence-electron chi connectivity index (χ0n) is 9.90. The Morgan fingerprint density at radius 2 is 2.00 bits per heavy atom. The van der Waals surface area contributed by atoms with Crippen molar-refractivity contribution < 1.29 is 9.84 Å². The summed E-state index contributed by atoms with van der Waals surface area (Å²) in [5.41, 5.74) is 0.846. The van der Waals surface area contributed by atoms with E-state index in [0.717, 1.165) is 36.0 Å². The molecule has 2 aliphatic carbocycles. The van der Waals surface area contributed by atoms with Gasteiger partial charge < -0.3 is 9.84 Å².